The van der Waals surface area contributed by atoms with Crippen molar-refractivity contribution < 1.29 is 4.42 Å². The van der Waals surface area contributed by atoms with Gasteiger partial charge < -0.3 is 9.32 Å². The number of thiophene rings is 1. The first-order valence-corrected chi connectivity index (χ1v) is 12.1. The Balaban J connectivity index is 1.27. The maximum atomic E-state index is 10.0. The molecular formula is C25H29N5OS. The van der Waals surface area contributed by atoms with E-state index in [1.54, 1.807) is 23.5 Å². The van der Waals surface area contributed by atoms with Crippen molar-refractivity contribution in [2.75, 3.05) is 32.7 Å². The molecule has 1 unspecified atom stereocenters. The molecule has 2 aromatic heterocycles. The molecule has 3 heterocycles. The Hall–Kier alpha value is -2.71. The van der Waals surface area contributed by atoms with E-state index in [0.717, 1.165) is 56.7 Å². The monoisotopic (exact) mass is 447 g/mol. The van der Waals surface area contributed by atoms with Crippen LogP contribution in [-0.4, -0.2) is 47.5 Å². The lowest BCUT2D eigenvalue weighted by Gasteiger charge is -2.35. The standard InChI is InChI=1S/C25H29N5OS/c1-19(2)25(18-27,23-5-3-14-32-23)8-4-9-29-10-12-30(13-11-29)17-24-28-21-15-20(16-26)6-7-22(21)31-24/h3,5-7,14-15,19H,4,8-13,17H2,1-2H3. The topological polar surface area (TPSA) is 80.1 Å². The number of benzene rings is 1. The number of nitriles is 2. The van der Waals surface area contributed by atoms with Gasteiger partial charge in [0.25, 0.3) is 0 Å². The molecule has 1 fully saturated rings. The molecule has 1 aliphatic heterocycles. The molecule has 6 nitrogen and oxygen atoms in total. The molecule has 3 aromatic rings. The van der Waals surface area contributed by atoms with Crippen LogP contribution in [-0.2, 0) is 12.0 Å². The first-order chi connectivity index (χ1) is 15.5. The minimum Gasteiger partial charge on any atom is -0.439 e. The van der Waals surface area contributed by atoms with Crippen molar-refractivity contribution in [3.63, 3.8) is 0 Å². The minimum absolute atomic E-state index is 0.295. The van der Waals surface area contributed by atoms with Crippen molar-refractivity contribution in [3.05, 3.63) is 52.0 Å². The molecule has 4 rings (SSSR count). The minimum atomic E-state index is -0.381. The predicted octanol–water partition coefficient (Wildman–Crippen LogP) is 4.78. The molecule has 0 spiro atoms. The maximum Gasteiger partial charge on any atom is 0.209 e. The average molecular weight is 448 g/mol. The highest BCUT2D eigenvalue weighted by molar-refractivity contribution is 7.10. The Bertz CT molecular complexity index is 1120. The highest BCUT2D eigenvalue weighted by Crippen LogP contribution is 2.39. The van der Waals surface area contributed by atoms with Crippen LogP contribution in [0.25, 0.3) is 11.1 Å². The quantitative estimate of drug-likeness (QED) is 0.494. The molecule has 166 valence electrons. The molecule has 0 aliphatic carbocycles. The third kappa shape index (κ3) is 4.71. The van der Waals surface area contributed by atoms with Crippen molar-refractivity contribution >= 4 is 22.4 Å². The smallest absolute Gasteiger partial charge is 0.209 e. The fourth-order valence-corrected chi connectivity index (χ4v) is 5.58. The number of aromatic nitrogens is 1. The second kappa shape index (κ2) is 9.83. The SMILES string of the molecule is CC(C)C(C#N)(CCCN1CCN(Cc2nc3cc(C#N)ccc3o2)CC1)c1cccs1. The predicted molar refractivity (Wildman–Crippen MR) is 126 cm³/mol. The van der Waals surface area contributed by atoms with Crippen molar-refractivity contribution in [1.29, 1.82) is 10.5 Å². The van der Waals surface area contributed by atoms with Crippen molar-refractivity contribution in [2.24, 2.45) is 5.92 Å². The number of hydrogen-bond acceptors (Lipinski definition) is 7. The van der Waals surface area contributed by atoms with Gasteiger partial charge in [-0.2, -0.15) is 10.5 Å². The van der Waals surface area contributed by atoms with E-state index in [9.17, 15) is 5.26 Å². The summed E-state index contributed by atoms with van der Waals surface area (Å²) in [5.74, 6) is 0.999. The van der Waals surface area contributed by atoms with Crippen LogP contribution >= 0.6 is 11.3 Å². The summed E-state index contributed by atoms with van der Waals surface area (Å²) in [6, 6.07) is 14.3. The first-order valence-electron chi connectivity index (χ1n) is 11.2. The average Bonchev–Trinajstić information content (AvgIpc) is 3.47. The van der Waals surface area contributed by atoms with E-state index in [2.05, 4.69) is 52.2 Å². The van der Waals surface area contributed by atoms with Crippen LogP contribution in [0.2, 0.25) is 0 Å². The zero-order valence-corrected chi connectivity index (χ0v) is 19.6. The highest BCUT2D eigenvalue weighted by Gasteiger charge is 2.36. The number of rotatable bonds is 8. The number of piperazine rings is 1. The lowest BCUT2D eigenvalue weighted by Crippen LogP contribution is -2.46. The van der Waals surface area contributed by atoms with Crippen LogP contribution in [0.4, 0.5) is 0 Å². The Labute approximate surface area is 193 Å². The van der Waals surface area contributed by atoms with Gasteiger partial charge in [0.1, 0.15) is 5.52 Å². The van der Waals surface area contributed by atoms with Gasteiger partial charge in [0.05, 0.1) is 29.7 Å². The van der Waals surface area contributed by atoms with Gasteiger partial charge >= 0.3 is 0 Å². The zero-order chi connectivity index (χ0) is 22.6. The van der Waals surface area contributed by atoms with Crippen LogP contribution < -0.4 is 0 Å². The van der Waals surface area contributed by atoms with Gasteiger partial charge in [-0.1, -0.05) is 19.9 Å². The molecule has 0 amide bonds. The zero-order valence-electron chi connectivity index (χ0n) is 18.8. The van der Waals surface area contributed by atoms with Gasteiger partial charge in [-0.25, -0.2) is 4.98 Å². The Kier molecular flexibility index (Phi) is 6.91. The molecule has 7 heteroatoms. The number of nitrogens with zero attached hydrogens (tertiary/aromatic N) is 5. The van der Waals surface area contributed by atoms with E-state index in [1.165, 1.54) is 4.88 Å². The Morgan fingerprint density at radius 3 is 2.59 bits per heavy atom. The van der Waals surface area contributed by atoms with Gasteiger partial charge in [-0.15, -0.1) is 11.3 Å². The molecule has 1 aromatic carbocycles. The van der Waals surface area contributed by atoms with E-state index in [0.29, 0.717) is 23.9 Å². The molecule has 1 atom stereocenters. The summed E-state index contributed by atoms with van der Waals surface area (Å²) in [4.78, 5) is 10.6. The molecule has 32 heavy (non-hydrogen) atoms. The van der Waals surface area contributed by atoms with Crippen molar-refractivity contribution in [3.8, 4) is 12.1 Å². The lowest BCUT2D eigenvalue weighted by atomic mass is 9.73. The van der Waals surface area contributed by atoms with Crippen molar-refractivity contribution in [1.82, 2.24) is 14.8 Å². The van der Waals surface area contributed by atoms with Gasteiger partial charge in [0, 0.05) is 31.1 Å². The van der Waals surface area contributed by atoms with Gasteiger partial charge in [0.2, 0.25) is 5.89 Å². The van der Waals surface area contributed by atoms with E-state index >= 15 is 0 Å². The maximum absolute atomic E-state index is 10.0. The van der Waals surface area contributed by atoms with Crippen LogP contribution in [0.15, 0.2) is 40.1 Å². The summed E-state index contributed by atoms with van der Waals surface area (Å²) >= 11 is 1.70. The second-order valence-corrected chi connectivity index (χ2v) is 9.79. The Morgan fingerprint density at radius 1 is 1.16 bits per heavy atom. The van der Waals surface area contributed by atoms with Crippen LogP contribution in [0.3, 0.4) is 0 Å². The third-order valence-corrected chi connectivity index (χ3v) is 7.62. The largest absolute Gasteiger partial charge is 0.439 e. The second-order valence-electron chi connectivity index (χ2n) is 8.84. The fourth-order valence-electron chi connectivity index (χ4n) is 4.53. The summed E-state index contributed by atoms with van der Waals surface area (Å²) in [5.41, 5.74) is 1.70. The Morgan fingerprint density at radius 2 is 1.94 bits per heavy atom. The van der Waals surface area contributed by atoms with Crippen molar-refractivity contribution in [2.45, 2.75) is 38.6 Å². The molecule has 0 saturated carbocycles. The third-order valence-electron chi connectivity index (χ3n) is 6.58. The van der Waals surface area contributed by atoms with Crippen LogP contribution in [0.1, 0.15) is 43.0 Å². The van der Waals surface area contributed by atoms with Crippen LogP contribution in [0, 0.1) is 28.6 Å². The number of hydrogen-bond donors (Lipinski definition) is 0. The molecule has 0 bridgehead atoms. The van der Waals surface area contributed by atoms with Gasteiger partial charge in [0.15, 0.2) is 5.58 Å². The van der Waals surface area contributed by atoms with Gasteiger partial charge in [-0.3, -0.25) is 4.90 Å². The lowest BCUT2D eigenvalue weighted by molar-refractivity contribution is 0.116. The molecular weight excluding hydrogens is 418 g/mol. The summed E-state index contributed by atoms with van der Waals surface area (Å²) in [6.07, 6.45) is 1.92. The summed E-state index contributed by atoms with van der Waals surface area (Å²) < 4.78 is 5.86. The van der Waals surface area contributed by atoms with E-state index in [4.69, 9.17) is 9.68 Å². The number of fused-ring (bicyclic) bond motifs is 1. The number of oxazole rings is 1. The van der Waals surface area contributed by atoms with Gasteiger partial charge in [-0.05, 0) is 54.9 Å². The summed E-state index contributed by atoms with van der Waals surface area (Å²) in [6.45, 7) is 10.0. The van der Waals surface area contributed by atoms with E-state index in [-0.39, 0.29) is 5.41 Å². The molecule has 0 N–H and O–H groups in total. The van der Waals surface area contributed by atoms with E-state index in [1.807, 2.05) is 12.1 Å². The summed E-state index contributed by atoms with van der Waals surface area (Å²) in [7, 11) is 0. The highest BCUT2D eigenvalue weighted by atomic mass is 32.1. The first kappa shape index (κ1) is 22.5. The normalized spacial score (nSPS) is 17.3. The fraction of sp³-hybridized carbons (Fsp3) is 0.480. The van der Waals surface area contributed by atoms with Crippen LogP contribution in [0.5, 0.6) is 0 Å². The molecule has 1 saturated heterocycles. The van der Waals surface area contributed by atoms with E-state index < -0.39 is 0 Å². The molecule has 1 aliphatic rings. The summed E-state index contributed by atoms with van der Waals surface area (Å²) in [5, 5.41) is 21.1. The molecule has 0 radical (unpaired) electrons.